The van der Waals surface area contributed by atoms with Crippen LogP contribution in [0, 0.1) is 0 Å². The average Bonchev–Trinajstić information content (AvgIpc) is 2.58. The van der Waals surface area contributed by atoms with Crippen molar-refractivity contribution in [2.45, 2.75) is 20.8 Å². The van der Waals surface area contributed by atoms with Gasteiger partial charge in [0.25, 0.3) is 0 Å². The predicted octanol–water partition coefficient (Wildman–Crippen LogP) is 5.77. The molecular formula is C22H25N. The van der Waals surface area contributed by atoms with E-state index in [1.54, 1.807) is 0 Å². The van der Waals surface area contributed by atoms with Gasteiger partial charge in [-0.3, -0.25) is 0 Å². The third-order valence-electron chi connectivity index (χ3n) is 3.70. The standard InChI is InChI=1S/C22H25N/c1-5-23-22(21-9-7-6-8-10-21)18(4)20-15-13-19(14-16-20)12-11-17(2)3/h6-16,23H,2,5H2,1,3-4H3/b12-11+,22-18+. The molecule has 1 N–H and O–H groups in total. The van der Waals surface area contributed by atoms with E-state index >= 15 is 0 Å². The van der Waals surface area contributed by atoms with Gasteiger partial charge in [-0.2, -0.15) is 0 Å². The number of allylic oxidation sites excluding steroid dienone is 3. The van der Waals surface area contributed by atoms with E-state index in [1.807, 2.05) is 19.1 Å². The highest BCUT2D eigenvalue weighted by atomic mass is 14.9. The summed E-state index contributed by atoms with van der Waals surface area (Å²) >= 11 is 0. The molecule has 2 aromatic rings. The first-order chi connectivity index (χ1) is 11.1. The second kappa shape index (κ2) is 8.19. The second-order valence-corrected chi connectivity index (χ2v) is 5.70. The van der Waals surface area contributed by atoms with Gasteiger partial charge in [-0.1, -0.05) is 78.9 Å². The molecule has 0 heterocycles. The summed E-state index contributed by atoms with van der Waals surface area (Å²) in [7, 11) is 0. The maximum atomic E-state index is 3.89. The number of benzene rings is 2. The van der Waals surface area contributed by atoms with Crippen molar-refractivity contribution in [3.8, 4) is 0 Å². The van der Waals surface area contributed by atoms with E-state index in [2.05, 4.69) is 80.4 Å². The molecule has 0 atom stereocenters. The minimum absolute atomic E-state index is 0.904. The molecule has 0 aliphatic heterocycles. The summed E-state index contributed by atoms with van der Waals surface area (Å²) in [6.45, 7) is 11.1. The largest absolute Gasteiger partial charge is 0.385 e. The normalized spacial score (nSPS) is 12.1. The van der Waals surface area contributed by atoms with E-state index in [-0.39, 0.29) is 0 Å². The van der Waals surface area contributed by atoms with Crippen LogP contribution in [0.2, 0.25) is 0 Å². The molecule has 1 nitrogen and oxygen atoms in total. The fourth-order valence-corrected chi connectivity index (χ4v) is 2.46. The van der Waals surface area contributed by atoms with Crippen molar-refractivity contribution in [2.24, 2.45) is 0 Å². The van der Waals surface area contributed by atoms with Crippen molar-refractivity contribution in [1.82, 2.24) is 5.32 Å². The minimum Gasteiger partial charge on any atom is -0.385 e. The lowest BCUT2D eigenvalue weighted by Crippen LogP contribution is -2.12. The molecule has 0 aliphatic rings. The van der Waals surface area contributed by atoms with Gasteiger partial charge in [0.2, 0.25) is 0 Å². The van der Waals surface area contributed by atoms with E-state index in [0.29, 0.717) is 0 Å². The number of hydrogen-bond donors (Lipinski definition) is 1. The minimum atomic E-state index is 0.904. The molecule has 0 bridgehead atoms. The van der Waals surface area contributed by atoms with E-state index in [0.717, 1.165) is 12.1 Å². The summed E-state index contributed by atoms with van der Waals surface area (Å²) in [5.74, 6) is 0. The molecule has 23 heavy (non-hydrogen) atoms. The molecule has 1 heteroatoms. The SMILES string of the molecule is C=C(C)/C=C/c1ccc(/C(C)=C(/NCC)c2ccccc2)cc1. The predicted molar refractivity (Wildman–Crippen MR) is 103 cm³/mol. The Morgan fingerprint density at radius 2 is 1.61 bits per heavy atom. The first kappa shape index (κ1) is 16.8. The van der Waals surface area contributed by atoms with Gasteiger partial charge in [0.1, 0.15) is 0 Å². The quantitative estimate of drug-likeness (QED) is 0.527. The first-order valence-electron chi connectivity index (χ1n) is 8.06. The van der Waals surface area contributed by atoms with E-state index in [1.165, 1.54) is 28.0 Å². The van der Waals surface area contributed by atoms with Gasteiger partial charge in [-0.25, -0.2) is 0 Å². The molecule has 118 valence electrons. The number of nitrogens with one attached hydrogen (secondary N) is 1. The highest BCUT2D eigenvalue weighted by molar-refractivity contribution is 5.89. The zero-order valence-corrected chi connectivity index (χ0v) is 14.3. The summed E-state index contributed by atoms with van der Waals surface area (Å²) in [6.07, 6.45) is 4.12. The zero-order valence-electron chi connectivity index (χ0n) is 14.3. The molecule has 0 aromatic heterocycles. The number of rotatable bonds is 6. The smallest absolute Gasteiger partial charge is 0.0449 e. The third-order valence-corrected chi connectivity index (χ3v) is 3.70. The maximum absolute atomic E-state index is 3.89. The molecule has 0 amide bonds. The summed E-state index contributed by atoms with van der Waals surface area (Å²) in [5, 5.41) is 3.51. The van der Waals surface area contributed by atoms with Gasteiger partial charge < -0.3 is 5.32 Å². The van der Waals surface area contributed by atoms with Crippen LogP contribution in [0.1, 0.15) is 37.5 Å². The fourth-order valence-electron chi connectivity index (χ4n) is 2.46. The molecule has 0 aliphatic carbocycles. The first-order valence-corrected chi connectivity index (χ1v) is 8.06. The lowest BCUT2D eigenvalue weighted by atomic mass is 9.99. The van der Waals surface area contributed by atoms with Crippen LogP contribution in [0.25, 0.3) is 17.3 Å². The van der Waals surface area contributed by atoms with E-state index in [4.69, 9.17) is 0 Å². The fraction of sp³-hybridized carbons (Fsp3) is 0.182. The van der Waals surface area contributed by atoms with Gasteiger partial charge >= 0.3 is 0 Å². The van der Waals surface area contributed by atoms with Crippen molar-refractivity contribution < 1.29 is 0 Å². The Hall–Kier alpha value is -2.54. The van der Waals surface area contributed by atoms with Crippen LogP contribution in [0.4, 0.5) is 0 Å². The van der Waals surface area contributed by atoms with Crippen LogP contribution in [-0.2, 0) is 0 Å². The molecule has 0 radical (unpaired) electrons. The van der Waals surface area contributed by atoms with Crippen LogP contribution >= 0.6 is 0 Å². The molecule has 0 spiro atoms. The van der Waals surface area contributed by atoms with Gasteiger partial charge in [0, 0.05) is 12.2 Å². The molecule has 0 saturated heterocycles. The monoisotopic (exact) mass is 303 g/mol. The van der Waals surface area contributed by atoms with Crippen molar-refractivity contribution >= 4 is 17.3 Å². The van der Waals surface area contributed by atoms with Gasteiger partial charge in [0.05, 0.1) is 0 Å². The van der Waals surface area contributed by atoms with Gasteiger partial charge in [0.15, 0.2) is 0 Å². The Kier molecular flexibility index (Phi) is 5.99. The van der Waals surface area contributed by atoms with Crippen LogP contribution < -0.4 is 5.32 Å². The van der Waals surface area contributed by atoms with Crippen molar-refractivity contribution in [3.63, 3.8) is 0 Å². The lowest BCUT2D eigenvalue weighted by molar-refractivity contribution is 0.940. The van der Waals surface area contributed by atoms with Crippen LogP contribution in [0.15, 0.2) is 72.8 Å². The Balaban J connectivity index is 2.35. The number of hydrogen-bond acceptors (Lipinski definition) is 1. The van der Waals surface area contributed by atoms with Crippen LogP contribution in [-0.4, -0.2) is 6.54 Å². The molecule has 2 rings (SSSR count). The van der Waals surface area contributed by atoms with Crippen molar-refractivity contribution in [3.05, 3.63) is 89.5 Å². The topological polar surface area (TPSA) is 12.0 Å². The Bertz CT molecular complexity index is 703. The van der Waals surface area contributed by atoms with Gasteiger partial charge in [-0.05, 0) is 43.0 Å². The van der Waals surface area contributed by atoms with Crippen LogP contribution in [0.3, 0.4) is 0 Å². The molecular weight excluding hydrogens is 278 g/mol. The average molecular weight is 303 g/mol. The maximum Gasteiger partial charge on any atom is 0.0449 e. The van der Waals surface area contributed by atoms with Crippen molar-refractivity contribution in [2.75, 3.05) is 6.54 Å². The molecule has 2 aromatic carbocycles. The Morgan fingerprint density at radius 1 is 0.957 bits per heavy atom. The van der Waals surface area contributed by atoms with E-state index in [9.17, 15) is 0 Å². The second-order valence-electron chi connectivity index (χ2n) is 5.70. The van der Waals surface area contributed by atoms with Crippen LogP contribution in [0.5, 0.6) is 0 Å². The highest BCUT2D eigenvalue weighted by Crippen LogP contribution is 2.24. The summed E-state index contributed by atoms with van der Waals surface area (Å²) < 4.78 is 0. The Labute approximate surface area is 140 Å². The van der Waals surface area contributed by atoms with Gasteiger partial charge in [-0.15, -0.1) is 0 Å². The highest BCUT2D eigenvalue weighted by Gasteiger charge is 2.06. The molecule has 0 unspecified atom stereocenters. The van der Waals surface area contributed by atoms with Crippen molar-refractivity contribution in [1.29, 1.82) is 0 Å². The third kappa shape index (κ3) is 4.72. The Morgan fingerprint density at radius 3 is 2.17 bits per heavy atom. The zero-order chi connectivity index (χ0) is 16.7. The lowest BCUT2D eigenvalue weighted by Gasteiger charge is -2.14. The summed E-state index contributed by atoms with van der Waals surface area (Å²) in [6, 6.07) is 19.1. The summed E-state index contributed by atoms with van der Waals surface area (Å²) in [4.78, 5) is 0. The van der Waals surface area contributed by atoms with E-state index < -0.39 is 0 Å². The molecule has 0 saturated carbocycles. The summed E-state index contributed by atoms with van der Waals surface area (Å²) in [5.41, 5.74) is 7.15. The molecule has 0 fully saturated rings.